The minimum absolute atomic E-state index is 0.210. The van der Waals surface area contributed by atoms with Crippen LogP contribution < -0.4 is 0 Å². The average Bonchev–Trinajstić information content (AvgIpc) is 2.53. The summed E-state index contributed by atoms with van der Waals surface area (Å²) in [7, 11) is 0. The van der Waals surface area contributed by atoms with E-state index in [1.165, 1.54) is 32.1 Å². The molecule has 0 atom stereocenters. The van der Waals surface area contributed by atoms with Gasteiger partial charge in [-0.2, -0.15) is 0 Å². The quantitative estimate of drug-likeness (QED) is 0.642. The van der Waals surface area contributed by atoms with Gasteiger partial charge in [0.05, 0.1) is 5.56 Å². The third-order valence-corrected chi connectivity index (χ3v) is 4.57. The Morgan fingerprint density at radius 2 is 1.95 bits per heavy atom. The van der Waals surface area contributed by atoms with E-state index in [1.54, 1.807) is 12.1 Å². The summed E-state index contributed by atoms with van der Waals surface area (Å²) in [6, 6.07) is 5.31. The van der Waals surface area contributed by atoms with Gasteiger partial charge in [0.25, 0.3) is 0 Å². The Balaban J connectivity index is 1.90. The maximum atomic E-state index is 13.8. The zero-order valence-corrected chi connectivity index (χ0v) is 13.2. The van der Waals surface area contributed by atoms with Crippen molar-refractivity contribution < 1.29 is 4.39 Å². The lowest BCUT2D eigenvalue weighted by atomic mass is 9.81. The minimum atomic E-state index is -0.210. The molecule has 0 heterocycles. The second-order valence-electron chi connectivity index (χ2n) is 5.99. The van der Waals surface area contributed by atoms with Crippen molar-refractivity contribution in [2.24, 2.45) is 11.8 Å². The van der Waals surface area contributed by atoms with Crippen molar-refractivity contribution in [1.82, 2.24) is 0 Å². The van der Waals surface area contributed by atoms with Gasteiger partial charge in [0.2, 0.25) is 0 Å². The van der Waals surface area contributed by atoms with E-state index < -0.39 is 0 Å². The van der Waals surface area contributed by atoms with E-state index in [0.717, 1.165) is 17.9 Å². The fourth-order valence-electron chi connectivity index (χ4n) is 2.97. The Labute approximate surface area is 128 Å². The van der Waals surface area contributed by atoms with E-state index >= 15 is 0 Å². The summed E-state index contributed by atoms with van der Waals surface area (Å²) in [6.45, 7) is 4.31. The number of halogens is 1. The predicted octanol–water partition coefficient (Wildman–Crippen LogP) is 5.51. The average molecular weight is 284 g/mol. The Morgan fingerprint density at radius 3 is 2.57 bits per heavy atom. The first-order valence-corrected chi connectivity index (χ1v) is 8.19. The SMILES string of the molecule is CCc1ccc(C#C/C=C/C2CCC(CC)CC2)c(F)c1. The van der Waals surface area contributed by atoms with Gasteiger partial charge in [-0.05, 0) is 67.7 Å². The van der Waals surface area contributed by atoms with Gasteiger partial charge < -0.3 is 0 Å². The molecule has 0 aliphatic heterocycles. The molecule has 1 fully saturated rings. The molecule has 1 aliphatic rings. The van der Waals surface area contributed by atoms with Crippen LogP contribution >= 0.6 is 0 Å². The van der Waals surface area contributed by atoms with Crippen LogP contribution in [0, 0.1) is 29.5 Å². The molecule has 1 heteroatoms. The van der Waals surface area contributed by atoms with Crippen LogP contribution in [0.4, 0.5) is 4.39 Å². The molecule has 0 aromatic heterocycles. The highest BCUT2D eigenvalue weighted by Gasteiger charge is 2.17. The highest BCUT2D eigenvalue weighted by Crippen LogP contribution is 2.31. The molecule has 0 radical (unpaired) electrons. The predicted molar refractivity (Wildman–Crippen MR) is 87.5 cm³/mol. The lowest BCUT2D eigenvalue weighted by Gasteiger charge is -2.25. The molecule has 0 unspecified atom stereocenters. The summed E-state index contributed by atoms with van der Waals surface area (Å²) < 4.78 is 13.8. The number of hydrogen-bond donors (Lipinski definition) is 0. The maximum absolute atomic E-state index is 13.8. The Morgan fingerprint density at radius 1 is 1.19 bits per heavy atom. The molecule has 0 amide bonds. The lowest BCUT2D eigenvalue weighted by Crippen LogP contribution is -2.11. The molecular weight excluding hydrogens is 259 g/mol. The normalized spacial score (nSPS) is 22.0. The van der Waals surface area contributed by atoms with Crippen LogP contribution in [0.3, 0.4) is 0 Å². The zero-order chi connectivity index (χ0) is 15.1. The first-order valence-electron chi connectivity index (χ1n) is 8.19. The Kier molecular flexibility index (Phi) is 6.05. The molecule has 112 valence electrons. The number of aryl methyl sites for hydroxylation is 1. The molecule has 1 saturated carbocycles. The summed E-state index contributed by atoms with van der Waals surface area (Å²) in [5, 5.41) is 0. The molecule has 1 aromatic carbocycles. The number of hydrogen-bond acceptors (Lipinski definition) is 0. The molecule has 0 N–H and O–H groups in total. The van der Waals surface area contributed by atoms with Crippen LogP contribution in [0.5, 0.6) is 0 Å². The summed E-state index contributed by atoms with van der Waals surface area (Å²) in [5.41, 5.74) is 1.51. The fraction of sp³-hybridized carbons (Fsp3) is 0.500. The van der Waals surface area contributed by atoms with Crippen molar-refractivity contribution in [2.45, 2.75) is 52.4 Å². The van der Waals surface area contributed by atoms with E-state index in [-0.39, 0.29) is 5.82 Å². The summed E-state index contributed by atoms with van der Waals surface area (Å²) >= 11 is 0. The van der Waals surface area contributed by atoms with Gasteiger partial charge in [0.15, 0.2) is 0 Å². The van der Waals surface area contributed by atoms with Crippen LogP contribution in [0.1, 0.15) is 57.1 Å². The molecule has 0 spiro atoms. The summed E-state index contributed by atoms with van der Waals surface area (Å²) in [5.74, 6) is 7.27. The first kappa shape index (κ1) is 15.8. The molecule has 0 nitrogen and oxygen atoms in total. The summed E-state index contributed by atoms with van der Waals surface area (Å²) in [6.07, 6.45) is 11.5. The van der Waals surface area contributed by atoms with E-state index in [9.17, 15) is 4.39 Å². The molecule has 1 aliphatic carbocycles. The second-order valence-corrected chi connectivity index (χ2v) is 5.99. The third-order valence-electron chi connectivity index (χ3n) is 4.57. The molecule has 1 aromatic rings. The Hall–Kier alpha value is -1.55. The van der Waals surface area contributed by atoms with Crippen molar-refractivity contribution in [3.63, 3.8) is 0 Å². The van der Waals surface area contributed by atoms with E-state index in [1.807, 2.05) is 19.1 Å². The smallest absolute Gasteiger partial charge is 0.139 e. The Bertz CT molecular complexity index is 537. The van der Waals surface area contributed by atoms with E-state index in [0.29, 0.717) is 11.5 Å². The van der Waals surface area contributed by atoms with Crippen LogP contribution in [-0.4, -0.2) is 0 Å². The van der Waals surface area contributed by atoms with Gasteiger partial charge in [0, 0.05) is 0 Å². The van der Waals surface area contributed by atoms with Gasteiger partial charge >= 0.3 is 0 Å². The van der Waals surface area contributed by atoms with Crippen LogP contribution in [0.25, 0.3) is 0 Å². The van der Waals surface area contributed by atoms with Crippen molar-refractivity contribution in [3.8, 4) is 11.8 Å². The molecule has 0 bridgehead atoms. The minimum Gasteiger partial charge on any atom is -0.206 e. The number of benzene rings is 1. The maximum Gasteiger partial charge on any atom is 0.139 e. The monoisotopic (exact) mass is 284 g/mol. The number of allylic oxidation sites excluding steroid dienone is 2. The molecule has 21 heavy (non-hydrogen) atoms. The lowest BCUT2D eigenvalue weighted by molar-refractivity contribution is 0.304. The molecule has 2 rings (SSSR count). The first-order chi connectivity index (χ1) is 10.2. The van der Waals surface area contributed by atoms with Crippen molar-refractivity contribution in [3.05, 3.63) is 47.3 Å². The van der Waals surface area contributed by atoms with E-state index in [2.05, 4.69) is 24.8 Å². The number of rotatable bonds is 3. The van der Waals surface area contributed by atoms with Crippen LogP contribution in [0.2, 0.25) is 0 Å². The fourth-order valence-corrected chi connectivity index (χ4v) is 2.97. The van der Waals surface area contributed by atoms with Crippen LogP contribution in [0.15, 0.2) is 30.4 Å². The van der Waals surface area contributed by atoms with E-state index in [4.69, 9.17) is 0 Å². The van der Waals surface area contributed by atoms with Crippen molar-refractivity contribution >= 4 is 0 Å². The molecular formula is C20H25F. The van der Waals surface area contributed by atoms with Gasteiger partial charge in [-0.15, -0.1) is 0 Å². The standard InChI is InChI=1S/C20H25F/c1-3-16-9-11-18(12-10-16)7-5-6-8-19-14-13-17(4-2)15-20(19)21/h5,7,13-16,18H,3-4,9-12H2,1-2H3/b7-5+. The third kappa shape index (κ3) is 4.74. The van der Waals surface area contributed by atoms with Gasteiger partial charge in [-0.1, -0.05) is 44.3 Å². The van der Waals surface area contributed by atoms with Crippen molar-refractivity contribution in [2.75, 3.05) is 0 Å². The zero-order valence-electron chi connectivity index (χ0n) is 13.2. The topological polar surface area (TPSA) is 0 Å². The summed E-state index contributed by atoms with van der Waals surface area (Å²) in [4.78, 5) is 0. The molecule has 0 saturated heterocycles. The van der Waals surface area contributed by atoms with Gasteiger partial charge in [0.1, 0.15) is 5.82 Å². The highest BCUT2D eigenvalue weighted by molar-refractivity contribution is 5.39. The largest absolute Gasteiger partial charge is 0.206 e. The van der Waals surface area contributed by atoms with Crippen LogP contribution in [-0.2, 0) is 6.42 Å². The highest BCUT2D eigenvalue weighted by atomic mass is 19.1. The van der Waals surface area contributed by atoms with Gasteiger partial charge in [-0.25, -0.2) is 4.39 Å². The van der Waals surface area contributed by atoms with Crippen molar-refractivity contribution in [1.29, 1.82) is 0 Å². The second kappa shape index (κ2) is 8.03. The van der Waals surface area contributed by atoms with Gasteiger partial charge in [-0.3, -0.25) is 0 Å².